The third kappa shape index (κ3) is 2.90. The Balaban J connectivity index is 1.58. The zero-order chi connectivity index (χ0) is 21.7. The molecule has 5 heteroatoms. The number of hydrogen-bond donors (Lipinski definition) is 1. The highest BCUT2D eigenvalue weighted by Gasteiger charge is 2.29. The standard InChI is InChI=1S/C27H19N3OS/c1-30(18-12-6-3-7-13-18)27(31)25-24-23-20(19-14-8-9-15-21(19)28-24)16-22(29-26(23)32-25)17-10-4-2-5-11-17/h2-16,28H,1H3. The van der Waals surface area contributed by atoms with Gasteiger partial charge in [0.2, 0.25) is 0 Å². The zero-order valence-corrected chi connectivity index (χ0v) is 18.2. The average Bonchev–Trinajstić information content (AvgIpc) is 3.23. The average molecular weight is 434 g/mol. The van der Waals surface area contributed by atoms with Crippen LogP contribution in [-0.2, 0) is 0 Å². The molecule has 2 aromatic heterocycles. The SMILES string of the molecule is CN(C(=O)c1sc2nc(-c3ccccc3)cc3c2c1Nc1ccccc1-3)c1ccccc1. The summed E-state index contributed by atoms with van der Waals surface area (Å²) in [5, 5.41) is 4.54. The van der Waals surface area contributed by atoms with Gasteiger partial charge in [0.05, 0.1) is 11.4 Å². The molecular weight excluding hydrogens is 414 g/mol. The highest BCUT2D eigenvalue weighted by atomic mass is 32.1. The van der Waals surface area contributed by atoms with Gasteiger partial charge >= 0.3 is 0 Å². The Morgan fingerprint density at radius 1 is 0.875 bits per heavy atom. The first kappa shape index (κ1) is 18.8. The number of anilines is 3. The Hall–Kier alpha value is -3.96. The molecule has 0 radical (unpaired) electrons. The maximum absolute atomic E-state index is 13.6. The molecule has 1 aliphatic rings. The largest absolute Gasteiger partial charge is 0.353 e. The number of rotatable bonds is 3. The number of carbonyl (C=O) groups excluding carboxylic acids is 1. The summed E-state index contributed by atoms with van der Waals surface area (Å²) in [5.74, 6) is -0.0479. The van der Waals surface area contributed by atoms with Crippen LogP contribution >= 0.6 is 11.3 Å². The molecule has 3 aromatic carbocycles. The number of benzene rings is 3. The molecule has 4 nitrogen and oxygen atoms in total. The van der Waals surface area contributed by atoms with Crippen LogP contribution in [0.25, 0.3) is 32.6 Å². The van der Waals surface area contributed by atoms with E-state index in [-0.39, 0.29) is 5.91 Å². The number of thiophene rings is 1. The lowest BCUT2D eigenvalue weighted by atomic mass is 9.95. The third-order valence-electron chi connectivity index (χ3n) is 5.85. The molecule has 0 spiro atoms. The molecule has 0 bridgehead atoms. The Morgan fingerprint density at radius 2 is 1.56 bits per heavy atom. The van der Waals surface area contributed by atoms with Gasteiger partial charge in [0.25, 0.3) is 5.91 Å². The molecule has 0 fully saturated rings. The molecule has 1 amide bonds. The van der Waals surface area contributed by atoms with Crippen molar-refractivity contribution in [3.63, 3.8) is 0 Å². The van der Waals surface area contributed by atoms with E-state index in [1.165, 1.54) is 11.3 Å². The normalized spacial score (nSPS) is 11.7. The van der Waals surface area contributed by atoms with Crippen LogP contribution < -0.4 is 10.2 Å². The molecule has 0 saturated carbocycles. The Bertz CT molecular complexity index is 1480. The number of nitrogens with one attached hydrogen (secondary N) is 1. The van der Waals surface area contributed by atoms with Crippen LogP contribution in [0.15, 0.2) is 91.0 Å². The molecule has 32 heavy (non-hydrogen) atoms. The number of hydrogen-bond acceptors (Lipinski definition) is 4. The van der Waals surface area contributed by atoms with Gasteiger partial charge in [0.1, 0.15) is 9.71 Å². The molecule has 0 unspecified atom stereocenters. The fourth-order valence-electron chi connectivity index (χ4n) is 4.22. The van der Waals surface area contributed by atoms with Crippen molar-refractivity contribution >= 4 is 44.5 Å². The van der Waals surface area contributed by atoms with E-state index in [0.29, 0.717) is 4.88 Å². The zero-order valence-electron chi connectivity index (χ0n) is 17.4. The fourth-order valence-corrected chi connectivity index (χ4v) is 5.35. The van der Waals surface area contributed by atoms with Gasteiger partial charge in [-0.3, -0.25) is 4.79 Å². The van der Waals surface area contributed by atoms with Crippen molar-refractivity contribution < 1.29 is 4.79 Å². The molecule has 154 valence electrons. The monoisotopic (exact) mass is 433 g/mol. The second-order valence-corrected chi connectivity index (χ2v) is 8.78. The first-order chi connectivity index (χ1) is 15.7. The van der Waals surface area contributed by atoms with Gasteiger partial charge < -0.3 is 10.2 Å². The summed E-state index contributed by atoms with van der Waals surface area (Å²) in [5.41, 5.74) is 6.91. The molecule has 0 aliphatic carbocycles. The number of aromatic nitrogens is 1. The van der Waals surface area contributed by atoms with Crippen molar-refractivity contribution in [3.05, 3.63) is 95.9 Å². The van der Waals surface area contributed by atoms with Gasteiger partial charge in [-0.05, 0) is 29.8 Å². The van der Waals surface area contributed by atoms with E-state index in [4.69, 9.17) is 4.98 Å². The number of pyridine rings is 1. The summed E-state index contributed by atoms with van der Waals surface area (Å²) in [6.07, 6.45) is 0. The summed E-state index contributed by atoms with van der Waals surface area (Å²) < 4.78 is 0. The quantitative estimate of drug-likeness (QED) is 0.328. The van der Waals surface area contributed by atoms with E-state index in [1.807, 2.05) is 67.7 Å². The summed E-state index contributed by atoms with van der Waals surface area (Å²) in [7, 11) is 1.81. The first-order valence-corrected chi connectivity index (χ1v) is 11.2. The van der Waals surface area contributed by atoms with Crippen molar-refractivity contribution in [2.24, 2.45) is 0 Å². The maximum Gasteiger partial charge on any atom is 0.270 e. The van der Waals surface area contributed by atoms with Crippen molar-refractivity contribution in [2.45, 2.75) is 0 Å². The fraction of sp³-hybridized carbons (Fsp3) is 0.0370. The van der Waals surface area contributed by atoms with Crippen molar-refractivity contribution in [3.8, 4) is 22.4 Å². The summed E-state index contributed by atoms with van der Waals surface area (Å²) in [6, 6.07) is 30.3. The molecule has 3 heterocycles. The summed E-state index contributed by atoms with van der Waals surface area (Å²) in [4.78, 5) is 21.8. The summed E-state index contributed by atoms with van der Waals surface area (Å²) >= 11 is 1.45. The van der Waals surface area contributed by atoms with Crippen LogP contribution in [-0.4, -0.2) is 17.9 Å². The molecule has 5 aromatic rings. The summed E-state index contributed by atoms with van der Waals surface area (Å²) in [6.45, 7) is 0. The van der Waals surface area contributed by atoms with Crippen LogP contribution in [0, 0.1) is 0 Å². The van der Waals surface area contributed by atoms with Gasteiger partial charge in [-0.15, -0.1) is 11.3 Å². The van der Waals surface area contributed by atoms with E-state index in [0.717, 1.165) is 49.7 Å². The maximum atomic E-state index is 13.6. The highest BCUT2D eigenvalue weighted by molar-refractivity contribution is 7.21. The van der Waals surface area contributed by atoms with Gasteiger partial charge in [-0.1, -0.05) is 66.7 Å². The van der Waals surface area contributed by atoms with E-state index >= 15 is 0 Å². The van der Waals surface area contributed by atoms with Gasteiger partial charge in [0.15, 0.2) is 0 Å². The van der Waals surface area contributed by atoms with E-state index < -0.39 is 0 Å². The smallest absolute Gasteiger partial charge is 0.270 e. The number of fused-ring (bicyclic) bond motifs is 2. The minimum absolute atomic E-state index is 0.0479. The number of para-hydroxylation sites is 2. The highest BCUT2D eigenvalue weighted by Crippen LogP contribution is 2.49. The molecule has 6 rings (SSSR count). The molecule has 1 N–H and O–H groups in total. The van der Waals surface area contributed by atoms with Crippen molar-refractivity contribution in [2.75, 3.05) is 17.3 Å². The topological polar surface area (TPSA) is 45.2 Å². The molecule has 0 saturated heterocycles. The van der Waals surface area contributed by atoms with E-state index in [2.05, 4.69) is 35.6 Å². The molecular formula is C27H19N3OS. The lowest BCUT2D eigenvalue weighted by Crippen LogP contribution is -2.26. The minimum atomic E-state index is -0.0479. The number of carbonyl (C=O) groups is 1. The predicted molar refractivity (Wildman–Crippen MR) is 133 cm³/mol. The van der Waals surface area contributed by atoms with Crippen LogP contribution in [0.4, 0.5) is 17.1 Å². The van der Waals surface area contributed by atoms with Gasteiger partial charge in [0, 0.05) is 34.9 Å². The van der Waals surface area contributed by atoms with Gasteiger partial charge in [-0.2, -0.15) is 0 Å². The second kappa shape index (κ2) is 7.32. The van der Waals surface area contributed by atoms with Crippen LogP contribution in [0.2, 0.25) is 0 Å². The van der Waals surface area contributed by atoms with E-state index in [9.17, 15) is 4.79 Å². The van der Waals surface area contributed by atoms with E-state index in [1.54, 1.807) is 4.90 Å². The van der Waals surface area contributed by atoms with Crippen LogP contribution in [0.5, 0.6) is 0 Å². The lowest BCUT2D eigenvalue weighted by Gasteiger charge is -2.22. The third-order valence-corrected chi connectivity index (χ3v) is 6.92. The number of nitrogens with zero attached hydrogens (tertiary/aromatic N) is 2. The number of amides is 1. The Labute approximate surface area is 189 Å². The predicted octanol–water partition coefficient (Wildman–Crippen LogP) is 6.96. The van der Waals surface area contributed by atoms with Crippen LogP contribution in [0.3, 0.4) is 0 Å². The van der Waals surface area contributed by atoms with Gasteiger partial charge in [-0.25, -0.2) is 4.98 Å². The van der Waals surface area contributed by atoms with Crippen molar-refractivity contribution in [1.29, 1.82) is 0 Å². The van der Waals surface area contributed by atoms with Crippen LogP contribution in [0.1, 0.15) is 9.67 Å². The Morgan fingerprint density at radius 3 is 2.34 bits per heavy atom. The molecule has 0 atom stereocenters. The minimum Gasteiger partial charge on any atom is -0.353 e. The second-order valence-electron chi connectivity index (χ2n) is 7.78. The molecule has 1 aliphatic heterocycles. The first-order valence-electron chi connectivity index (χ1n) is 10.4. The lowest BCUT2D eigenvalue weighted by molar-refractivity contribution is 0.0997. The van der Waals surface area contributed by atoms with Crippen molar-refractivity contribution in [1.82, 2.24) is 4.98 Å². The Kier molecular flexibility index (Phi) is 4.30.